The standard InChI is InChI=1S/C17H18N4O3S/c1-2-24-16(22)14-12-4-3-5-13(12)25-15(14)20-17(23)21-19-10-11-6-8-18-9-7-11/h6-10H,2-5H2,1H3,(H2,20,21,23). The number of hydrogen-bond donors (Lipinski definition) is 2. The van der Waals surface area contributed by atoms with Crippen molar-refractivity contribution in [3.8, 4) is 0 Å². The summed E-state index contributed by atoms with van der Waals surface area (Å²) in [6.45, 7) is 2.06. The lowest BCUT2D eigenvalue weighted by atomic mass is 10.1. The fourth-order valence-electron chi connectivity index (χ4n) is 2.66. The lowest BCUT2D eigenvalue weighted by molar-refractivity contribution is 0.0527. The van der Waals surface area contributed by atoms with Crippen molar-refractivity contribution < 1.29 is 14.3 Å². The number of nitrogens with zero attached hydrogens (tertiary/aromatic N) is 2. The van der Waals surface area contributed by atoms with E-state index in [0.717, 1.165) is 35.3 Å². The molecule has 0 bridgehead atoms. The van der Waals surface area contributed by atoms with Gasteiger partial charge in [-0.25, -0.2) is 15.0 Å². The van der Waals surface area contributed by atoms with Crippen molar-refractivity contribution in [3.05, 3.63) is 46.1 Å². The highest BCUT2D eigenvalue weighted by Crippen LogP contribution is 2.39. The van der Waals surface area contributed by atoms with Crippen molar-refractivity contribution in [1.82, 2.24) is 10.4 Å². The number of hydrazone groups is 1. The number of esters is 1. The average Bonchev–Trinajstić information content (AvgIpc) is 3.16. The molecule has 2 heterocycles. The lowest BCUT2D eigenvalue weighted by Gasteiger charge is -2.07. The minimum atomic E-state index is -0.504. The van der Waals surface area contributed by atoms with Gasteiger partial charge >= 0.3 is 12.0 Å². The van der Waals surface area contributed by atoms with Crippen LogP contribution in [0.2, 0.25) is 0 Å². The quantitative estimate of drug-likeness (QED) is 0.488. The van der Waals surface area contributed by atoms with Gasteiger partial charge < -0.3 is 4.74 Å². The Morgan fingerprint density at radius 2 is 2.16 bits per heavy atom. The van der Waals surface area contributed by atoms with Crippen molar-refractivity contribution in [3.63, 3.8) is 0 Å². The number of anilines is 1. The van der Waals surface area contributed by atoms with Crippen molar-refractivity contribution in [1.29, 1.82) is 0 Å². The third-order valence-corrected chi connectivity index (χ3v) is 4.92. The number of nitrogens with one attached hydrogen (secondary N) is 2. The van der Waals surface area contributed by atoms with Gasteiger partial charge in [0.1, 0.15) is 5.00 Å². The van der Waals surface area contributed by atoms with Gasteiger partial charge in [0.2, 0.25) is 0 Å². The van der Waals surface area contributed by atoms with Crippen LogP contribution in [0.25, 0.3) is 0 Å². The summed E-state index contributed by atoms with van der Waals surface area (Å²) < 4.78 is 5.13. The smallest absolute Gasteiger partial charge is 0.341 e. The molecule has 2 aromatic rings. The fourth-order valence-corrected chi connectivity index (χ4v) is 3.93. The topological polar surface area (TPSA) is 92.7 Å². The monoisotopic (exact) mass is 358 g/mol. The number of fused-ring (bicyclic) bond motifs is 1. The molecule has 8 heteroatoms. The summed E-state index contributed by atoms with van der Waals surface area (Å²) in [5.74, 6) is -0.391. The van der Waals surface area contributed by atoms with Gasteiger partial charge in [-0.3, -0.25) is 10.3 Å². The highest BCUT2D eigenvalue weighted by atomic mass is 32.1. The van der Waals surface area contributed by atoms with E-state index < -0.39 is 12.0 Å². The molecule has 2 amide bonds. The number of aromatic nitrogens is 1. The first-order valence-electron chi connectivity index (χ1n) is 8.00. The number of urea groups is 1. The minimum Gasteiger partial charge on any atom is -0.462 e. The van der Waals surface area contributed by atoms with Crippen molar-refractivity contribution in [2.45, 2.75) is 26.2 Å². The van der Waals surface area contributed by atoms with Gasteiger partial charge in [0, 0.05) is 17.3 Å². The summed E-state index contributed by atoms with van der Waals surface area (Å²) in [6.07, 6.45) is 7.58. The Morgan fingerprint density at radius 1 is 1.36 bits per heavy atom. The molecule has 3 rings (SSSR count). The molecule has 0 atom stereocenters. The van der Waals surface area contributed by atoms with Gasteiger partial charge in [-0.2, -0.15) is 5.10 Å². The van der Waals surface area contributed by atoms with E-state index in [-0.39, 0.29) is 0 Å². The second kappa shape index (κ2) is 7.89. The molecule has 130 valence electrons. The van der Waals surface area contributed by atoms with E-state index in [1.165, 1.54) is 17.6 Å². The van der Waals surface area contributed by atoms with E-state index in [4.69, 9.17) is 4.74 Å². The van der Waals surface area contributed by atoms with E-state index in [2.05, 4.69) is 20.8 Å². The van der Waals surface area contributed by atoms with Crippen molar-refractivity contribution >= 4 is 34.6 Å². The maximum Gasteiger partial charge on any atom is 0.341 e. The number of amides is 2. The summed E-state index contributed by atoms with van der Waals surface area (Å²) in [5.41, 5.74) is 4.69. The molecule has 0 fully saturated rings. The Bertz CT molecular complexity index is 802. The largest absolute Gasteiger partial charge is 0.462 e. The maximum atomic E-state index is 12.2. The normalized spacial score (nSPS) is 12.8. The van der Waals surface area contributed by atoms with Gasteiger partial charge in [0.15, 0.2) is 0 Å². The molecular formula is C17H18N4O3S. The molecule has 2 N–H and O–H groups in total. The van der Waals surface area contributed by atoms with Crippen LogP contribution in [-0.2, 0) is 17.6 Å². The first kappa shape index (κ1) is 17.1. The van der Waals surface area contributed by atoms with Crippen LogP contribution in [0.15, 0.2) is 29.6 Å². The van der Waals surface area contributed by atoms with Gasteiger partial charge in [0.05, 0.1) is 18.4 Å². The number of carbonyl (C=O) groups excluding carboxylic acids is 2. The molecule has 7 nitrogen and oxygen atoms in total. The third-order valence-electron chi connectivity index (χ3n) is 3.71. The molecule has 2 aromatic heterocycles. The Kier molecular flexibility index (Phi) is 5.39. The van der Waals surface area contributed by atoms with Crippen LogP contribution >= 0.6 is 11.3 Å². The predicted octanol–water partition coefficient (Wildman–Crippen LogP) is 2.96. The molecule has 0 unspecified atom stereocenters. The number of thiophene rings is 1. The zero-order valence-electron chi connectivity index (χ0n) is 13.7. The van der Waals surface area contributed by atoms with Gasteiger partial charge in [-0.15, -0.1) is 11.3 Å². The average molecular weight is 358 g/mol. The van der Waals surface area contributed by atoms with E-state index in [1.54, 1.807) is 31.5 Å². The molecule has 0 aromatic carbocycles. The molecule has 1 aliphatic carbocycles. The molecule has 0 spiro atoms. The van der Waals surface area contributed by atoms with Crippen LogP contribution in [-0.4, -0.2) is 29.8 Å². The van der Waals surface area contributed by atoms with Crippen LogP contribution in [0.4, 0.5) is 9.80 Å². The van der Waals surface area contributed by atoms with Crippen LogP contribution in [0.5, 0.6) is 0 Å². The number of carbonyl (C=O) groups is 2. The molecule has 25 heavy (non-hydrogen) atoms. The molecule has 0 saturated carbocycles. The highest BCUT2D eigenvalue weighted by molar-refractivity contribution is 7.17. The summed E-state index contributed by atoms with van der Waals surface area (Å²) in [7, 11) is 0. The second-order valence-electron chi connectivity index (χ2n) is 5.39. The van der Waals surface area contributed by atoms with Crippen LogP contribution < -0.4 is 10.7 Å². The number of rotatable bonds is 5. The third kappa shape index (κ3) is 4.03. The Balaban J connectivity index is 1.69. The van der Waals surface area contributed by atoms with Gasteiger partial charge in [-0.05, 0) is 49.4 Å². The lowest BCUT2D eigenvalue weighted by Crippen LogP contribution is -2.25. The van der Waals surface area contributed by atoms with Gasteiger partial charge in [-0.1, -0.05) is 0 Å². The minimum absolute atomic E-state index is 0.297. The summed E-state index contributed by atoms with van der Waals surface area (Å²) >= 11 is 1.43. The second-order valence-corrected chi connectivity index (χ2v) is 6.49. The Hall–Kier alpha value is -2.74. The van der Waals surface area contributed by atoms with Crippen molar-refractivity contribution in [2.75, 3.05) is 11.9 Å². The van der Waals surface area contributed by atoms with Crippen LogP contribution in [0.1, 0.15) is 39.7 Å². The zero-order chi connectivity index (χ0) is 17.6. The first-order chi connectivity index (χ1) is 12.2. The van der Waals surface area contributed by atoms with Gasteiger partial charge in [0.25, 0.3) is 0 Å². The first-order valence-corrected chi connectivity index (χ1v) is 8.82. The Labute approximate surface area is 149 Å². The van der Waals surface area contributed by atoms with E-state index in [1.807, 2.05) is 0 Å². The Morgan fingerprint density at radius 3 is 2.92 bits per heavy atom. The highest BCUT2D eigenvalue weighted by Gasteiger charge is 2.28. The molecule has 1 aliphatic rings. The molecule has 0 radical (unpaired) electrons. The van der Waals surface area contributed by atoms with Crippen LogP contribution in [0, 0.1) is 0 Å². The summed E-state index contributed by atoms with van der Waals surface area (Å²) in [5, 5.41) is 7.11. The number of ether oxygens (including phenoxy) is 1. The number of hydrogen-bond acceptors (Lipinski definition) is 6. The van der Waals surface area contributed by atoms with Crippen LogP contribution in [0.3, 0.4) is 0 Å². The zero-order valence-corrected chi connectivity index (χ0v) is 14.6. The molecular weight excluding hydrogens is 340 g/mol. The maximum absolute atomic E-state index is 12.2. The number of aryl methyl sites for hydroxylation is 1. The predicted molar refractivity (Wildman–Crippen MR) is 96.3 cm³/mol. The SMILES string of the molecule is CCOC(=O)c1c(NC(=O)NN=Cc2ccncc2)sc2c1CCC2. The summed E-state index contributed by atoms with van der Waals surface area (Å²) in [4.78, 5) is 29.4. The van der Waals surface area contributed by atoms with E-state index >= 15 is 0 Å². The molecule has 0 saturated heterocycles. The molecule has 0 aliphatic heterocycles. The number of pyridine rings is 1. The summed E-state index contributed by atoms with van der Waals surface area (Å²) in [6, 6.07) is 3.04. The van der Waals surface area contributed by atoms with E-state index in [0.29, 0.717) is 17.2 Å². The fraction of sp³-hybridized carbons (Fsp3) is 0.294. The van der Waals surface area contributed by atoms with E-state index in [9.17, 15) is 9.59 Å². The van der Waals surface area contributed by atoms with Crippen molar-refractivity contribution in [2.24, 2.45) is 5.10 Å².